The molecule has 0 radical (unpaired) electrons. The largest absolute Gasteiger partial charge is 0.451 e. The van der Waals surface area contributed by atoms with Crippen molar-refractivity contribution >= 4 is 55.7 Å². The van der Waals surface area contributed by atoms with Gasteiger partial charge in [0.2, 0.25) is 12.6 Å². The maximum Gasteiger partial charge on any atom is 0.349 e. The highest BCUT2D eigenvalue weighted by Gasteiger charge is 2.43. The molecule has 2 heterocycles. The summed E-state index contributed by atoms with van der Waals surface area (Å²) in [4.78, 5) is 52.9. The molecule has 2 fully saturated rings. The first-order valence-corrected chi connectivity index (χ1v) is 23.7. The highest BCUT2D eigenvalue weighted by Crippen LogP contribution is 2.40. The van der Waals surface area contributed by atoms with Crippen molar-refractivity contribution in [3.05, 3.63) is 92.1 Å². The number of esters is 4. The van der Waals surface area contributed by atoms with Crippen LogP contribution < -0.4 is 10.6 Å². The van der Waals surface area contributed by atoms with Crippen LogP contribution in [0.3, 0.4) is 0 Å². The van der Waals surface area contributed by atoms with Gasteiger partial charge >= 0.3 is 23.9 Å². The van der Waals surface area contributed by atoms with E-state index in [1.807, 2.05) is 12.1 Å². The molecule has 342 valence electrons. The number of hydrogen-bond donors (Lipinski definition) is 2. The minimum atomic E-state index is -1.03. The number of nitrogens with one attached hydrogen (secondary N) is 2. The second-order valence-corrected chi connectivity index (χ2v) is 19.3. The van der Waals surface area contributed by atoms with E-state index in [4.69, 9.17) is 28.4 Å². The number of halogens is 2. The first-order chi connectivity index (χ1) is 30.7. The van der Waals surface area contributed by atoms with Gasteiger partial charge in [0.1, 0.15) is 20.4 Å². The zero-order valence-electron chi connectivity index (χ0n) is 37.2. The van der Waals surface area contributed by atoms with Gasteiger partial charge in [0.15, 0.2) is 25.3 Å². The molecular formula is C50H58Br2N2O10. The Morgan fingerprint density at radius 2 is 1.02 bits per heavy atom. The molecule has 2 aliphatic carbocycles. The van der Waals surface area contributed by atoms with Crippen LogP contribution in [-0.4, -0.2) is 61.9 Å². The number of benzene rings is 2. The second-order valence-electron chi connectivity index (χ2n) is 17.7. The fourth-order valence-corrected chi connectivity index (χ4v) is 9.65. The summed E-state index contributed by atoms with van der Waals surface area (Å²) in [5.74, 6) is 10.5. The van der Waals surface area contributed by atoms with Crippen LogP contribution in [0.25, 0.3) is 0 Å². The van der Waals surface area contributed by atoms with Crippen molar-refractivity contribution in [2.45, 2.75) is 117 Å². The van der Waals surface area contributed by atoms with Crippen LogP contribution in [0, 0.1) is 59.2 Å². The Kier molecular flexibility index (Phi) is 17.6. The van der Waals surface area contributed by atoms with Gasteiger partial charge in [-0.1, -0.05) is 115 Å². The predicted molar refractivity (Wildman–Crippen MR) is 246 cm³/mol. The Bertz CT molecular complexity index is 2020. The third-order valence-corrected chi connectivity index (χ3v) is 13.9. The van der Waals surface area contributed by atoms with Crippen LogP contribution in [-0.2, 0) is 47.6 Å². The van der Waals surface area contributed by atoms with Gasteiger partial charge in [-0.2, -0.15) is 0 Å². The minimum Gasteiger partial charge on any atom is -0.451 e. The lowest BCUT2D eigenvalue weighted by atomic mass is 9.75. The maximum absolute atomic E-state index is 13.6. The van der Waals surface area contributed by atoms with E-state index in [9.17, 15) is 19.2 Å². The van der Waals surface area contributed by atoms with Gasteiger partial charge in [-0.15, -0.1) is 0 Å². The van der Waals surface area contributed by atoms with Crippen LogP contribution in [0.2, 0.25) is 0 Å². The minimum absolute atomic E-state index is 0.124. The summed E-state index contributed by atoms with van der Waals surface area (Å²) in [5.41, 5.74) is 1.81. The van der Waals surface area contributed by atoms with Crippen LogP contribution >= 0.6 is 31.9 Å². The van der Waals surface area contributed by atoms with Crippen LogP contribution in [0.4, 0.5) is 0 Å². The molecule has 0 unspecified atom stereocenters. The Morgan fingerprint density at radius 3 is 1.38 bits per heavy atom. The molecule has 2 aliphatic heterocycles. The molecule has 12 nitrogen and oxygen atoms in total. The van der Waals surface area contributed by atoms with Gasteiger partial charge in [-0.3, -0.25) is 0 Å². The Morgan fingerprint density at radius 1 is 0.641 bits per heavy atom. The highest BCUT2D eigenvalue weighted by atomic mass is 79.9. The predicted octanol–water partition coefficient (Wildman–Crippen LogP) is 8.68. The molecule has 0 amide bonds. The van der Waals surface area contributed by atoms with E-state index in [1.54, 1.807) is 48.5 Å². The zero-order valence-corrected chi connectivity index (χ0v) is 40.4. The molecule has 0 saturated heterocycles. The van der Waals surface area contributed by atoms with Gasteiger partial charge in [0.25, 0.3) is 0 Å². The molecule has 0 spiro atoms. The molecule has 2 aromatic carbocycles. The van der Waals surface area contributed by atoms with Crippen molar-refractivity contribution in [1.29, 1.82) is 0 Å². The van der Waals surface area contributed by atoms with E-state index < -0.39 is 48.5 Å². The van der Waals surface area contributed by atoms with Crippen LogP contribution in [0.1, 0.15) is 103 Å². The van der Waals surface area contributed by atoms with Gasteiger partial charge < -0.3 is 39.1 Å². The number of hydrogen-bond acceptors (Lipinski definition) is 12. The summed E-state index contributed by atoms with van der Waals surface area (Å²) in [6, 6.07) is 15.9. The van der Waals surface area contributed by atoms with Gasteiger partial charge in [-0.25, -0.2) is 19.2 Å². The summed E-state index contributed by atoms with van der Waals surface area (Å²) in [7, 11) is 0. The molecule has 2 aromatic rings. The summed E-state index contributed by atoms with van der Waals surface area (Å²) < 4.78 is 35.7. The number of rotatable bonds is 16. The lowest BCUT2D eigenvalue weighted by Crippen LogP contribution is -2.40. The van der Waals surface area contributed by atoms with Crippen molar-refractivity contribution < 1.29 is 47.6 Å². The van der Waals surface area contributed by atoms with E-state index >= 15 is 0 Å². The Labute approximate surface area is 393 Å². The molecule has 2 saturated carbocycles. The van der Waals surface area contributed by atoms with Gasteiger partial charge in [-0.05, 0) is 128 Å². The lowest BCUT2D eigenvalue weighted by molar-refractivity contribution is -0.183. The summed E-state index contributed by atoms with van der Waals surface area (Å²) >= 11 is 6.73. The van der Waals surface area contributed by atoms with Crippen molar-refractivity contribution in [1.82, 2.24) is 10.6 Å². The maximum atomic E-state index is 13.6. The third kappa shape index (κ3) is 12.6. The molecule has 4 aliphatic rings. The van der Waals surface area contributed by atoms with E-state index in [0.29, 0.717) is 58.0 Å². The average molecular weight is 1010 g/mol. The number of carbonyl (C=O) groups excluding carboxylic acids is 4. The van der Waals surface area contributed by atoms with Crippen molar-refractivity contribution in [2.24, 2.45) is 35.5 Å². The zero-order chi connectivity index (χ0) is 45.9. The number of ether oxygens (including phenoxy) is 6. The monoisotopic (exact) mass is 1000 g/mol. The average Bonchev–Trinajstić information content (AvgIpc) is 3.69. The standard InChI is InChI=1S/C50H58Br2N2O10/c1-29(2)35-23-21-31(5)27-37(35)61-49-43(39(51)45(55)63-49)53-41(33-17-11-9-12-18-33)47(57)59-25-15-7-8-16-26-60-48(58)42(34-19-13-10-14-20-34)54-44-40(52)46(56)64-50(44)62-38-28-32(6)22-24-36(38)30(3)4/h9-14,17-20,29-32,35-38,41-42,49-50,53-54H,21-28H2,1-6H3/t31-,32-,35+,36+,37-,38-,41+,42+,49+,50+/m1/s1. The number of cyclic esters (lactones) is 2. The molecule has 6 rings (SSSR count). The topological polar surface area (TPSA) is 148 Å². The van der Waals surface area contributed by atoms with E-state index in [2.05, 4.69) is 108 Å². The van der Waals surface area contributed by atoms with Gasteiger partial charge in [0, 0.05) is 0 Å². The van der Waals surface area contributed by atoms with Crippen LogP contribution in [0.15, 0.2) is 81.0 Å². The molecule has 64 heavy (non-hydrogen) atoms. The third-order valence-electron chi connectivity index (χ3n) is 12.4. The van der Waals surface area contributed by atoms with Crippen molar-refractivity contribution in [3.8, 4) is 23.7 Å². The summed E-state index contributed by atoms with van der Waals surface area (Å²) in [6.45, 7) is 12.5. The fraction of sp³-hybridized carbons (Fsp3) is 0.520. The van der Waals surface area contributed by atoms with E-state index in [0.717, 1.165) is 38.5 Å². The second kappa shape index (κ2) is 23.0. The molecule has 2 N–H and O–H groups in total. The van der Waals surface area contributed by atoms with Crippen LogP contribution in [0.5, 0.6) is 0 Å². The summed E-state index contributed by atoms with van der Waals surface area (Å²) in [5, 5.41) is 6.37. The molecule has 14 heteroatoms. The first-order valence-electron chi connectivity index (χ1n) is 22.2. The molecule has 0 bridgehead atoms. The first kappa shape index (κ1) is 48.8. The molecule has 0 aromatic heterocycles. The normalized spacial score (nSPS) is 26.5. The molecular weight excluding hydrogens is 948 g/mol. The summed E-state index contributed by atoms with van der Waals surface area (Å²) in [6.07, 6.45) is 3.64. The van der Waals surface area contributed by atoms with Crippen molar-refractivity contribution in [3.63, 3.8) is 0 Å². The SMILES string of the molecule is CC(C)[C@@H]1CC[C@@H](C)C[C@H]1O[C@H]1OC(=O)C(Br)=C1N[C@H](C(=O)OCC#CC#CCOC(=O)[C@@H](NC1=C(Br)C(=O)O[C@@H]1O[C@@H]1C[C@H](C)CC[C@H]1C(C)C)c1ccccc1)c1ccccc1. The van der Waals surface area contributed by atoms with Crippen molar-refractivity contribution in [2.75, 3.05) is 13.2 Å². The van der Waals surface area contributed by atoms with Gasteiger partial charge in [0.05, 0.1) is 12.2 Å². The smallest absolute Gasteiger partial charge is 0.349 e. The Hall–Kier alpha value is -4.60. The highest BCUT2D eigenvalue weighted by molar-refractivity contribution is 9.12. The van der Waals surface area contributed by atoms with E-state index in [-0.39, 0.29) is 34.4 Å². The molecule has 10 atom stereocenters. The Balaban J connectivity index is 1.06. The fourth-order valence-electron chi connectivity index (χ4n) is 8.86. The number of carbonyl (C=O) groups is 4. The van der Waals surface area contributed by atoms with E-state index in [1.165, 1.54) is 0 Å². The quantitative estimate of drug-likeness (QED) is 0.0943. The lowest BCUT2D eigenvalue weighted by Gasteiger charge is -2.38.